The van der Waals surface area contributed by atoms with Crippen LogP contribution in [0.25, 0.3) is 0 Å². The summed E-state index contributed by atoms with van der Waals surface area (Å²) in [5.74, 6) is -0.715. The van der Waals surface area contributed by atoms with Gasteiger partial charge in [-0.25, -0.2) is 0 Å². The van der Waals surface area contributed by atoms with E-state index in [9.17, 15) is 4.79 Å². The fraction of sp³-hybridized carbons (Fsp3) is 0.550. The Hall–Kier alpha value is -1.57. The molecule has 22 heavy (non-hydrogen) atoms. The average molecular weight is 304 g/mol. The molecule has 2 heteroatoms. The lowest BCUT2D eigenvalue weighted by Gasteiger charge is -1.95. The summed E-state index contributed by atoms with van der Waals surface area (Å²) in [7, 11) is 0. The van der Waals surface area contributed by atoms with Crippen molar-refractivity contribution in [2.24, 2.45) is 0 Å². The van der Waals surface area contributed by atoms with Gasteiger partial charge in [-0.1, -0.05) is 81.2 Å². The lowest BCUT2D eigenvalue weighted by Crippen LogP contribution is -1.92. The first kappa shape index (κ1) is 20.4. The van der Waals surface area contributed by atoms with Crippen LogP contribution in [-0.2, 0) is 4.79 Å². The smallest absolute Gasteiger partial charge is 0.303 e. The van der Waals surface area contributed by atoms with E-state index < -0.39 is 5.97 Å². The molecule has 0 radical (unpaired) electrons. The van der Waals surface area contributed by atoms with E-state index in [1.165, 1.54) is 38.5 Å². The average Bonchev–Trinajstić information content (AvgIpc) is 2.50. The predicted molar refractivity (Wildman–Crippen MR) is 96.0 cm³/mol. The molecule has 0 spiro atoms. The summed E-state index contributed by atoms with van der Waals surface area (Å²) in [4.78, 5) is 10.3. The number of unbranched alkanes of at least 4 members (excludes halogenated alkanes) is 6. The van der Waals surface area contributed by atoms with Crippen LogP contribution in [0, 0.1) is 0 Å². The third-order valence-corrected chi connectivity index (χ3v) is 3.28. The molecule has 0 aromatic carbocycles. The van der Waals surface area contributed by atoms with Crippen LogP contribution in [0.4, 0.5) is 0 Å². The summed E-state index contributed by atoms with van der Waals surface area (Å²) in [6.45, 7) is 2.24. The van der Waals surface area contributed by atoms with Crippen LogP contribution in [0.1, 0.15) is 71.1 Å². The fourth-order valence-electron chi connectivity index (χ4n) is 1.99. The molecule has 0 bridgehead atoms. The van der Waals surface area contributed by atoms with Crippen molar-refractivity contribution in [2.75, 3.05) is 0 Å². The number of rotatable bonds is 14. The molecule has 0 aliphatic heterocycles. The van der Waals surface area contributed by atoms with Gasteiger partial charge in [0.25, 0.3) is 0 Å². The highest BCUT2D eigenvalue weighted by Crippen LogP contribution is 2.05. The summed E-state index contributed by atoms with van der Waals surface area (Å²) in [6.07, 6.45) is 27.3. The van der Waals surface area contributed by atoms with Crippen LogP contribution in [0.5, 0.6) is 0 Å². The molecule has 0 unspecified atom stereocenters. The third kappa shape index (κ3) is 18.4. The van der Waals surface area contributed by atoms with Crippen LogP contribution < -0.4 is 0 Å². The zero-order chi connectivity index (χ0) is 16.3. The molecule has 0 aromatic rings. The molecule has 0 fully saturated rings. The molecule has 0 saturated carbocycles. The van der Waals surface area contributed by atoms with Gasteiger partial charge in [0.1, 0.15) is 0 Å². The highest BCUT2D eigenvalue weighted by atomic mass is 16.4. The zero-order valence-electron chi connectivity index (χ0n) is 14.0. The van der Waals surface area contributed by atoms with E-state index in [1.807, 2.05) is 12.2 Å². The number of allylic oxidation sites excluding steroid dienone is 8. The number of hydrogen-bond acceptors (Lipinski definition) is 1. The molecule has 0 atom stereocenters. The number of carboxylic acids is 1. The number of carboxylic acid groups (broad SMARTS) is 1. The Morgan fingerprint density at radius 1 is 0.773 bits per heavy atom. The second-order valence-electron chi connectivity index (χ2n) is 5.44. The minimum absolute atomic E-state index is 0.258. The SMILES string of the molecule is CCCCCCCC=CC=CC=CCC=CCCCC(=O)O. The molecular formula is C20H32O2. The van der Waals surface area contributed by atoms with Crippen LogP contribution in [-0.4, -0.2) is 11.1 Å². The Kier molecular flexibility index (Phi) is 16.2. The van der Waals surface area contributed by atoms with Crippen molar-refractivity contribution in [1.82, 2.24) is 0 Å². The van der Waals surface area contributed by atoms with E-state index in [0.29, 0.717) is 0 Å². The largest absolute Gasteiger partial charge is 0.481 e. The predicted octanol–water partition coefficient (Wildman–Crippen LogP) is 6.22. The minimum Gasteiger partial charge on any atom is -0.481 e. The Morgan fingerprint density at radius 3 is 2.18 bits per heavy atom. The van der Waals surface area contributed by atoms with Crippen molar-refractivity contribution >= 4 is 5.97 Å². The van der Waals surface area contributed by atoms with Crippen molar-refractivity contribution < 1.29 is 9.90 Å². The lowest BCUT2D eigenvalue weighted by atomic mass is 10.1. The van der Waals surface area contributed by atoms with Crippen molar-refractivity contribution in [3.05, 3.63) is 48.6 Å². The molecule has 0 heterocycles. The first-order valence-electron chi connectivity index (χ1n) is 8.62. The van der Waals surface area contributed by atoms with Crippen molar-refractivity contribution in [2.45, 2.75) is 71.1 Å². The van der Waals surface area contributed by atoms with Gasteiger partial charge in [-0.2, -0.15) is 0 Å². The maximum Gasteiger partial charge on any atom is 0.303 e. The minimum atomic E-state index is -0.715. The van der Waals surface area contributed by atoms with Gasteiger partial charge < -0.3 is 5.11 Å². The van der Waals surface area contributed by atoms with Gasteiger partial charge in [0.15, 0.2) is 0 Å². The highest BCUT2D eigenvalue weighted by Gasteiger charge is 1.92. The molecule has 1 N–H and O–H groups in total. The van der Waals surface area contributed by atoms with Gasteiger partial charge in [0, 0.05) is 6.42 Å². The first-order valence-corrected chi connectivity index (χ1v) is 8.62. The number of carbonyl (C=O) groups is 1. The molecule has 0 aromatic heterocycles. The Balaban J connectivity index is 3.43. The molecule has 2 nitrogen and oxygen atoms in total. The van der Waals surface area contributed by atoms with E-state index >= 15 is 0 Å². The first-order chi connectivity index (χ1) is 10.8. The second-order valence-corrected chi connectivity index (χ2v) is 5.44. The topological polar surface area (TPSA) is 37.3 Å². The summed E-state index contributed by atoms with van der Waals surface area (Å²) in [6, 6.07) is 0. The van der Waals surface area contributed by atoms with E-state index in [2.05, 4.69) is 43.4 Å². The van der Waals surface area contributed by atoms with Gasteiger partial charge in [0.05, 0.1) is 0 Å². The Bertz CT molecular complexity index is 362. The maximum absolute atomic E-state index is 10.3. The Labute approximate surface area is 136 Å². The van der Waals surface area contributed by atoms with Gasteiger partial charge in [0.2, 0.25) is 0 Å². The summed E-state index contributed by atoms with van der Waals surface area (Å²) < 4.78 is 0. The summed E-state index contributed by atoms with van der Waals surface area (Å²) >= 11 is 0. The normalized spacial score (nSPS) is 12.4. The fourth-order valence-corrected chi connectivity index (χ4v) is 1.99. The molecular weight excluding hydrogens is 272 g/mol. The zero-order valence-corrected chi connectivity index (χ0v) is 14.0. The van der Waals surface area contributed by atoms with Gasteiger partial charge in [-0.15, -0.1) is 0 Å². The van der Waals surface area contributed by atoms with E-state index in [1.54, 1.807) is 0 Å². The molecule has 0 rings (SSSR count). The van der Waals surface area contributed by atoms with E-state index in [-0.39, 0.29) is 6.42 Å². The molecule has 0 aliphatic rings. The van der Waals surface area contributed by atoms with Gasteiger partial charge in [-0.3, -0.25) is 4.79 Å². The monoisotopic (exact) mass is 304 g/mol. The Morgan fingerprint density at radius 2 is 1.45 bits per heavy atom. The van der Waals surface area contributed by atoms with E-state index in [0.717, 1.165) is 19.3 Å². The summed E-state index contributed by atoms with van der Waals surface area (Å²) in [5.41, 5.74) is 0. The summed E-state index contributed by atoms with van der Waals surface area (Å²) in [5, 5.41) is 8.49. The standard InChI is InChI=1S/C20H32O2/c1-2-3-4-5-6-7-8-9-10-11-12-13-14-15-16-17-18-19-20(21)22/h8-13,15-16H,2-7,14,17-19H2,1H3,(H,21,22). The van der Waals surface area contributed by atoms with E-state index in [4.69, 9.17) is 5.11 Å². The molecule has 124 valence electrons. The van der Waals surface area contributed by atoms with Crippen LogP contribution >= 0.6 is 0 Å². The quantitative estimate of drug-likeness (QED) is 0.235. The lowest BCUT2D eigenvalue weighted by molar-refractivity contribution is -0.137. The molecule has 0 aliphatic carbocycles. The van der Waals surface area contributed by atoms with Crippen molar-refractivity contribution in [1.29, 1.82) is 0 Å². The molecule has 0 saturated heterocycles. The second kappa shape index (κ2) is 17.5. The van der Waals surface area contributed by atoms with Crippen LogP contribution in [0.15, 0.2) is 48.6 Å². The third-order valence-electron chi connectivity index (χ3n) is 3.28. The van der Waals surface area contributed by atoms with Crippen LogP contribution in [0.2, 0.25) is 0 Å². The van der Waals surface area contributed by atoms with Crippen LogP contribution in [0.3, 0.4) is 0 Å². The van der Waals surface area contributed by atoms with Crippen molar-refractivity contribution in [3.63, 3.8) is 0 Å². The van der Waals surface area contributed by atoms with Gasteiger partial charge >= 0.3 is 5.97 Å². The van der Waals surface area contributed by atoms with Crippen molar-refractivity contribution in [3.8, 4) is 0 Å². The van der Waals surface area contributed by atoms with Gasteiger partial charge in [-0.05, 0) is 32.1 Å². The number of hydrogen-bond donors (Lipinski definition) is 1. The molecule has 0 amide bonds. The number of aliphatic carboxylic acids is 1. The maximum atomic E-state index is 10.3. The highest BCUT2D eigenvalue weighted by molar-refractivity contribution is 5.66.